The maximum Gasteiger partial charge on any atom is 0.338 e. The van der Waals surface area contributed by atoms with Gasteiger partial charge in [-0.2, -0.15) is 0 Å². The topological polar surface area (TPSA) is 52.3 Å². The molecule has 0 aliphatic carbocycles. The minimum Gasteiger partial charge on any atom is -0.456 e. The molecule has 0 amide bonds. The highest BCUT2D eigenvalue weighted by molar-refractivity contribution is 5.91. The second kappa shape index (κ2) is 5.89. The molecule has 0 aliphatic heterocycles. The fourth-order valence-corrected chi connectivity index (χ4v) is 1.65. The molecule has 18 heavy (non-hydrogen) atoms. The van der Waals surface area contributed by atoms with Crippen LogP contribution < -0.4 is 5.73 Å². The Hall–Kier alpha value is -1.51. The number of benzene rings is 1. The predicted molar refractivity (Wildman–Crippen MR) is 74.6 cm³/mol. The van der Waals surface area contributed by atoms with Gasteiger partial charge in [-0.1, -0.05) is 19.4 Å². The maximum atomic E-state index is 11.9. The van der Waals surface area contributed by atoms with E-state index in [9.17, 15) is 4.79 Å². The van der Waals surface area contributed by atoms with Crippen molar-refractivity contribution in [1.29, 1.82) is 0 Å². The van der Waals surface area contributed by atoms with Gasteiger partial charge in [0.2, 0.25) is 0 Å². The fraction of sp³-hybridized carbons (Fsp3) is 0.533. The number of aryl methyl sites for hydroxylation is 1. The van der Waals surface area contributed by atoms with Crippen LogP contribution in [0.3, 0.4) is 0 Å². The molecule has 0 atom stereocenters. The normalized spacial score (nSPS) is 11.3. The van der Waals surface area contributed by atoms with Crippen LogP contribution in [-0.4, -0.2) is 11.6 Å². The van der Waals surface area contributed by atoms with Gasteiger partial charge in [0, 0.05) is 5.69 Å². The molecular formula is C15H23NO2. The minimum absolute atomic E-state index is 0.323. The van der Waals surface area contributed by atoms with Crippen molar-refractivity contribution in [2.45, 2.75) is 52.6 Å². The van der Waals surface area contributed by atoms with E-state index in [0.29, 0.717) is 11.3 Å². The SMILES string of the molecule is CCCCc1ccc(C(=O)OC(C)(C)C)cc1N. The third-order valence-electron chi connectivity index (χ3n) is 2.58. The summed E-state index contributed by atoms with van der Waals surface area (Å²) in [5.41, 5.74) is 7.77. The molecule has 3 heteroatoms. The van der Waals surface area contributed by atoms with E-state index in [0.717, 1.165) is 24.8 Å². The summed E-state index contributed by atoms with van der Waals surface area (Å²) in [5.74, 6) is -0.323. The Labute approximate surface area is 109 Å². The smallest absolute Gasteiger partial charge is 0.338 e. The van der Waals surface area contributed by atoms with Gasteiger partial charge in [0.15, 0.2) is 0 Å². The highest BCUT2D eigenvalue weighted by Crippen LogP contribution is 2.19. The molecule has 0 bridgehead atoms. The zero-order valence-electron chi connectivity index (χ0n) is 11.7. The molecule has 0 saturated carbocycles. The lowest BCUT2D eigenvalue weighted by molar-refractivity contribution is 0.00696. The number of esters is 1. The molecule has 0 unspecified atom stereocenters. The van der Waals surface area contributed by atoms with Gasteiger partial charge >= 0.3 is 5.97 Å². The number of carbonyl (C=O) groups is 1. The van der Waals surface area contributed by atoms with Crippen LogP contribution in [0.4, 0.5) is 5.69 Å². The highest BCUT2D eigenvalue weighted by atomic mass is 16.6. The van der Waals surface area contributed by atoms with Gasteiger partial charge in [-0.05, 0) is 51.3 Å². The molecule has 1 aromatic rings. The van der Waals surface area contributed by atoms with E-state index in [1.54, 1.807) is 12.1 Å². The standard InChI is InChI=1S/C15H23NO2/c1-5-6-7-11-8-9-12(10-13(11)16)14(17)18-15(2,3)4/h8-10H,5-7,16H2,1-4H3. The van der Waals surface area contributed by atoms with E-state index in [4.69, 9.17) is 10.5 Å². The lowest BCUT2D eigenvalue weighted by Gasteiger charge is -2.19. The van der Waals surface area contributed by atoms with Crippen molar-refractivity contribution in [3.05, 3.63) is 29.3 Å². The van der Waals surface area contributed by atoms with Gasteiger partial charge < -0.3 is 10.5 Å². The molecule has 0 spiro atoms. The van der Waals surface area contributed by atoms with Crippen molar-refractivity contribution in [2.24, 2.45) is 0 Å². The number of anilines is 1. The van der Waals surface area contributed by atoms with E-state index in [-0.39, 0.29) is 5.97 Å². The Bertz CT molecular complexity index is 419. The van der Waals surface area contributed by atoms with Gasteiger partial charge in [-0.15, -0.1) is 0 Å². The quantitative estimate of drug-likeness (QED) is 0.655. The Morgan fingerprint density at radius 1 is 1.33 bits per heavy atom. The van der Waals surface area contributed by atoms with Crippen molar-refractivity contribution in [1.82, 2.24) is 0 Å². The average Bonchev–Trinajstić information content (AvgIpc) is 2.25. The van der Waals surface area contributed by atoms with E-state index < -0.39 is 5.60 Å². The van der Waals surface area contributed by atoms with Crippen LogP contribution in [0.15, 0.2) is 18.2 Å². The molecule has 0 heterocycles. The van der Waals surface area contributed by atoms with Gasteiger partial charge in [-0.25, -0.2) is 4.79 Å². The molecule has 0 fully saturated rings. The number of nitrogen functional groups attached to an aromatic ring is 1. The van der Waals surface area contributed by atoms with Gasteiger partial charge in [0.25, 0.3) is 0 Å². The highest BCUT2D eigenvalue weighted by Gasteiger charge is 2.18. The second-order valence-corrected chi connectivity index (χ2v) is 5.52. The largest absolute Gasteiger partial charge is 0.456 e. The summed E-state index contributed by atoms with van der Waals surface area (Å²) in [6, 6.07) is 5.42. The third-order valence-corrected chi connectivity index (χ3v) is 2.58. The molecule has 0 aliphatic rings. The number of carbonyl (C=O) groups excluding carboxylic acids is 1. The molecule has 3 nitrogen and oxygen atoms in total. The lowest BCUT2D eigenvalue weighted by Crippen LogP contribution is -2.24. The Morgan fingerprint density at radius 2 is 2.00 bits per heavy atom. The average molecular weight is 249 g/mol. The van der Waals surface area contributed by atoms with Crippen molar-refractivity contribution >= 4 is 11.7 Å². The summed E-state index contributed by atoms with van der Waals surface area (Å²) in [5, 5.41) is 0. The third kappa shape index (κ3) is 4.40. The number of nitrogens with two attached hydrogens (primary N) is 1. The molecular weight excluding hydrogens is 226 g/mol. The summed E-state index contributed by atoms with van der Waals surface area (Å²) in [4.78, 5) is 11.9. The van der Waals surface area contributed by atoms with Crippen LogP contribution in [0.1, 0.15) is 56.5 Å². The number of ether oxygens (including phenoxy) is 1. The maximum absolute atomic E-state index is 11.9. The summed E-state index contributed by atoms with van der Waals surface area (Å²) in [7, 11) is 0. The molecule has 0 aromatic heterocycles. The first kappa shape index (κ1) is 14.6. The van der Waals surface area contributed by atoms with Crippen LogP contribution in [0.5, 0.6) is 0 Å². The van der Waals surface area contributed by atoms with Crippen molar-refractivity contribution in [3.8, 4) is 0 Å². The summed E-state index contributed by atoms with van der Waals surface area (Å²) >= 11 is 0. The Kier molecular flexibility index (Phi) is 4.76. The van der Waals surface area contributed by atoms with Crippen LogP contribution in [-0.2, 0) is 11.2 Å². The number of unbranched alkanes of at least 4 members (excludes halogenated alkanes) is 1. The molecule has 1 aromatic carbocycles. The number of hydrogen-bond donors (Lipinski definition) is 1. The van der Waals surface area contributed by atoms with Crippen LogP contribution in [0.25, 0.3) is 0 Å². The van der Waals surface area contributed by atoms with Crippen LogP contribution in [0.2, 0.25) is 0 Å². The van der Waals surface area contributed by atoms with Gasteiger partial charge in [0.1, 0.15) is 5.60 Å². The summed E-state index contributed by atoms with van der Waals surface area (Å²) < 4.78 is 5.31. The number of rotatable bonds is 4. The predicted octanol–water partition coefficient (Wildman–Crippen LogP) is 3.57. The van der Waals surface area contributed by atoms with Crippen molar-refractivity contribution in [2.75, 3.05) is 5.73 Å². The lowest BCUT2D eigenvalue weighted by atomic mass is 10.0. The van der Waals surface area contributed by atoms with E-state index in [1.165, 1.54) is 0 Å². The Morgan fingerprint density at radius 3 is 2.50 bits per heavy atom. The fourth-order valence-electron chi connectivity index (χ4n) is 1.65. The van der Waals surface area contributed by atoms with E-state index in [1.807, 2.05) is 26.8 Å². The van der Waals surface area contributed by atoms with Crippen molar-refractivity contribution in [3.63, 3.8) is 0 Å². The van der Waals surface area contributed by atoms with Crippen LogP contribution >= 0.6 is 0 Å². The monoisotopic (exact) mass is 249 g/mol. The molecule has 1 rings (SSSR count). The first-order chi connectivity index (χ1) is 8.33. The molecule has 100 valence electrons. The first-order valence-electron chi connectivity index (χ1n) is 6.45. The minimum atomic E-state index is -0.479. The second-order valence-electron chi connectivity index (χ2n) is 5.52. The molecule has 2 N–H and O–H groups in total. The zero-order chi connectivity index (χ0) is 13.8. The first-order valence-corrected chi connectivity index (χ1v) is 6.45. The van der Waals surface area contributed by atoms with Gasteiger partial charge in [-0.3, -0.25) is 0 Å². The van der Waals surface area contributed by atoms with Crippen molar-refractivity contribution < 1.29 is 9.53 Å². The van der Waals surface area contributed by atoms with Gasteiger partial charge in [0.05, 0.1) is 5.56 Å². The molecule has 0 saturated heterocycles. The van der Waals surface area contributed by atoms with E-state index >= 15 is 0 Å². The summed E-state index contributed by atoms with van der Waals surface area (Å²) in [6.07, 6.45) is 3.19. The molecule has 0 radical (unpaired) electrons. The number of hydrogen-bond acceptors (Lipinski definition) is 3. The van der Waals surface area contributed by atoms with E-state index in [2.05, 4.69) is 6.92 Å². The zero-order valence-corrected chi connectivity index (χ0v) is 11.7. The van der Waals surface area contributed by atoms with Crippen LogP contribution in [0, 0.1) is 0 Å². The Balaban J connectivity index is 2.80. The summed E-state index contributed by atoms with van der Waals surface area (Å²) in [6.45, 7) is 7.70.